The monoisotopic (exact) mass is 386 g/mol. The van der Waals surface area contributed by atoms with Crippen LogP contribution in [0.5, 0.6) is 5.75 Å². The number of pyridine rings is 1. The van der Waals surface area contributed by atoms with Crippen molar-refractivity contribution in [3.05, 3.63) is 56.9 Å². The predicted molar refractivity (Wildman–Crippen MR) is 96.0 cm³/mol. The van der Waals surface area contributed by atoms with Gasteiger partial charge in [-0.3, -0.25) is 9.36 Å². The van der Waals surface area contributed by atoms with E-state index in [0.29, 0.717) is 28.5 Å². The molecule has 1 aromatic carbocycles. The fourth-order valence-electron chi connectivity index (χ4n) is 2.74. The normalized spacial score (nSPS) is 16.8. The molecule has 0 spiro atoms. The van der Waals surface area contributed by atoms with Gasteiger partial charge in [0.15, 0.2) is 0 Å². The predicted octanol–water partition coefficient (Wildman–Crippen LogP) is 3.46. The van der Waals surface area contributed by atoms with Gasteiger partial charge in [0, 0.05) is 28.9 Å². The molecule has 0 N–H and O–H groups in total. The van der Waals surface area contributed by atoms with Crippen molar-refractivity contribution in [1.82, 2.24) is 4.57 Å². The van der Waals surface area contributed by atoms with E-state index >= 15 is 0 Å². The minimum absolute atomic E-state index is 0.0206. The molecular weight excluding hydrogens is 372 g/mol. The minimum Gasteiger partial charge on any atom is -0.497 e. The summed E-state index contributed by atoms with van der Waals surface area (Å²) in [5.41, 5.74) is 0.814. The van der Waals surface area contributed by atoms with E-state index in [1.54, 1.807) is 30.0 Å². The van der Waals surface area contributed by atoms with E-state index in [-0.39, 0.29) is 11.7 Å². The number of fused-ring (bicyclic) bond motifs is 1. The zero-order valence-corrected chi connectivity index (χ0v) is 14.8. The van der Waals surface area contributed by atoms with E-state index in [9.17, 15) is 10.1 Å². The summed E-state index contributed by atoms with van der Waals surface area (Å²) in [5.74, 6) is 0.539. The van der Waals surface area contributed by atoms with Crippen LogP contribution >= 0.6 is 15.9 Å². The van der Waals surface area contributed by atoms with Gasteiger partial charge in [0.1, 0.15) is 11.8 Å². The molecule has 3 rings (SSSR count). The Kier molecular flexibility index (Phi) is 4.56. The van der Waals surface area contributed by atoms with Crippen LogP contribution in [0.15, 0.2) is 45.8 Å². The highest BCUT2D eigenvalue weighted by atomic mass is 79.9. The van der Waals surface area contributed by atoms with Crippen molar-refractivity contribution in [2.75, 3.05) is 14.2 Å². The van der Waals surface area contributed by atoms with E-state index < -0.39 is 0 Å². The van der Waals surface area contributed by atoms with Crippen LogP contribution in [0.25, 0.3) is 16.5 Å². The quantitative estimate of drug-likeness (QED) is 0.809. The second-order valence-corrected chi connectivity index (χ2v) is 6.21. The summed E-state index contributed by atoms with van der Waals surface area (Å²) in [6.07, 6.45) is 8.15. The van der Waals surface area contributed by atoms with Crippen LogP contribution in [-0.4, -0.2) is 24.9 Å². The number of allylic oxidation sites excluding steroid dienone is 2. The number of nitriles is 1. The summed E-state index contributed by atoms with van der Waals surface area (Å²) < 4.78 is 12.8. The Labute approximate surface area is 147 Å². The molecule has 0 saturated heterocycles. The molecule has 24 heavy (non-hydrogen) atoms. The first kappa shape index (κ1) is 16.5. The Bertz CT molecular complexity index is 967. The zero-order valence-electron chi connectivity index (χ0n) is 13.2. The van der Waals surface area contributed by atoms with Gasteiger partial charge < -0.3 is 9.47 Å². The Morgan fingerprint density at radius 1 is 1.38 bits per heavy atom. The Hall–Kier alpha value is -2.36. The SMILES string of the molecule is COc1cc(C#N)c2c(=O)n(C3=CCC(OC)C=C3)cc(Br)c2c1. The summed E-state index contributed by atoms with van der Waals surface area (Å²) in [5, 5.41) is 10.5. The van der Waals surface area contributed by atoms with E-state index in [1.165, 1.54) is 7.11 Å². The average Bonchev–Trinajstić information content (AvgIpc) is 2.63. The smallest absolute Gasteiger partial charge is 0.264 e. The Morgan fingerprint density at radius 2 is 2.17 bits per heavy atom. The number of benzene rings is 1. The van der Waals surface area contributed by atoms with Gasteiger partial charge in [-0.15, -0.1) is 0 Å². The maximum atomic E-state index is 13.0. The number of rotatable bonds is 3. The lowest BCUT2D eigenvalue weighted by Crippen LogP contribution is -2.21. The molecule has 0 radical (unpaired) electrons. The van der Waals surface area contributed by atoms with Gasteiger partial charge in [-0.05, 0) is 40.6 Å². The van der Waals surface area contributed by atoms with Crippen molar-refractivity contribution < 1.29 is 9.47 Å². The molecule has 1 atom stereocenters. The molecule has 1 heterocycles. The molecule has 2 aromatic rings. The first-order valence-corrected chi connectivity index (χ1v) is 8.13. The highest BCUT2D eigenvalue weighted by Crippen LogP contribution is 2.29. The van der Waals surface area contributed by atoms with Crippen LogP contribution in [0.3, 0.4) is 0 Å². The molecule has 0 bridgehead atoms. The van der Waals surface area contributed by atoms with Gasteiger partial charge in [0.2, 0.25) is 0 Å². The number of halogens is 1. The second kappa shape index (κ2) is 6.63. The van der Waals surface area contributed by atoms with Gasteiger partial charge in [0.25, 0.3) is 5.56 Å². The third-order valence-corrected chi connectivity index (χ3v) is 4.65. The highest BCUT2D eigenvalue weighted by molar-refractivity contribution is 9.10. The zero-order chi connectivity index (χ0) is 17.3. The standard InChI is InChI=1S/C18H15BrN2O3/c1-23-13-5-3-12(4-6-13)21-10-16(19)15-8-14(24-2)7-11(9-20)17(15)18(21)22/h3-5,7-8,10,13H,6H2,1-2H3. The van der Waals surface area contributed by atoms with Gasteiger partial charge in [-0.2, -0.15) is 5.26 Å². The van der Waals surface area contributed by atoms with Crippen LogP contribution in [0.4, 0.5) is 0 Å². The lowest BCUT2D eigenvalue weighted by atomic mass is 10.1. The van der Waals surface area contributed by atoms with Gasteiger partial charge in [-0.1, -0.05) is 12.2 Å². The number of ether oxygens (including phenoxy) is 2. The van der Waals surface area contributed by atoms with E-state index in [0.717, 1.165) is 10.2 Å². The number of hydrogen-bond donors (Lipinski definition) is 0. The maximum absolute atomic E-state index is 13.0. The van der Waals surface area contributed by atoms with Crippen LogP contribution < -0.4 is 10.3 Å². The van der Waals surface area contributed by atoms with Crippen LogP contribution in [-0.2, 0) is 4.74 Å². The van der Waals surface area contributed by atoms with Crippen LogP contribution in [0.2, 0.25) is 0 Å². The third-order valence-electron chi connectivity index (χ3n) is 4.02. The van der Waals surface area contributed by atoms with E-state index in [4.69, 9.17) is 9.47 Å². The first-order chi connectivity index (χ1) is 11.6. The van der Waals surface area contributed by atoms with Crippen molar-refractivity contribution in [2.24, 2.45) is 0 Å². The number of methoxy groups -OCH3 is 2. The molecule has 122 valence electrons. The largest absolute Gasteiger partial charge is 0.497 e. The summed E-state index contributed by atoms with van der Waals surface area (Å²) in [7, 11) is 3.18. The van der Waals surface area contributed by atoms with Crippen LogP contribution in [0.1, 0.15) is 12.0 Å². The third kappa shape index (κ3) is 2.77. The molecule has 1 aromatic heterocycles. The maximum Gasteiger partial charge on any atom is 0.264 e. The fraction of sp³-hybridized carbons (Fsp3) is 0.222. The van der Waals surface area contributed by atoms with Gasteiger partial charge >= 0.3 is 0 Å². The Balaban J connectivity index is 2.25. The number of nitrogens with zero attached hydrogens (tertiary/aromatic N) is 2. The summed E-state index contributed by atoms with van der Waals surface area (Å²) >= 11 is 3.50. The fourth-order valence-corrected chi connectivity index (χ4v) is 3.25. The molecule has 0 saturated carbocycles. The second-order valence-electron chi connectivity index (χ2n) is 5.36. The minimum atomic E-state index is -0.237. The molecule has 0 fully saturated rings. The molecule has 1 aliphatic carbocycles. The van der Waals surface area contributed by atoms with Gasteiger partial charge in [0.05, 0.1) is 24.2 Å². The highest BCUT2D eigenvalue weighted by Gasteiger charge is 2.16. The molecule has 5 nitrogen and oxygen atoms in total. The van der Waals surface area contributed by atoms with Crippen molar-refractivity contribution >= 4 is 32.4 Å². The van der Waals surface area contributed by atoms with Gasteiger partial charge in [-0.25, -0.2) is 0 Å². The van der Waals surface area contributed by atoms with E-state index in [1.807, 2.05) is 18.2 Å². The summed E-state index contributed by atoms with van der Waals surface area (Å²) in [4.78, 5) is 13.0. The lowest BCUT2D eigenvalue weighted by molar-refractivity contribution is 0.143. The molecule has 0 aliphatic heterocycles. The van der Waals surface area contributed by atoms with Crippen LogP contribution in [0, 0.1) is 11.3 Å². The molecule has 1 unspecified atom stereocenters. The topological polar surface area (TPSA) is 64.2 Å². The van der Waals surface area contributed by atoms with E-state index in [2.05, 4.69) is 22.0 Å². The molecule has 1 aliphatic rings. The van der Waals surface area contributed by atoms with Crippen molar-refractivity contribution in [3.8, 4) is 11.8 Å². The van der Waals surface area contributed by atoms with Crippen molar-refractivity contribution in [3.63, 3.8) is 0 Å². The first-order valence-electron chi connectivity index (χ1n) is 7.33. The lowest BCUT2D eigenvalue weighted by Gasteiger charge is -2.17. The molecule has 0 amide bonds. The summed E-state index contributed by atoms with van der Waals surface area (Å²) in [6, 6.07) is 5.41. The van der Waals surface area contributed by atoms with Crippen molar-refractivity contribution in [2.45, 2.75) is 12.5 Å². The number of hydrogen-bond acceptors (Lipinski definition) is 4. The van der Waals surface area contributed by atoms with Crippen molar-refractivity contribution in [1.29, 1.82) is 5.26 Å². The Morgan fingerprint density at radius 3 is 2.75 bits per heavy atom. The molecule has 6 heteroatoms. The molecular formula is C18H15BrN2O3. The number of aromatic nitrogens is 1. The summed E-state index contributed by atoms with van der Waals surface area (Å²) in [6.45, 7) is 0. The average molecular weight is 387 g/mol.